The first kappa shape index (κ1) is 16.1. The number of anilines is 1. The van der Waals surface area contributed by atoms with Crippen LogP contribution in [0.15, 0.2) is 24.3 Å². The molecule has 1 N–H and O–H groups in total. The van der Waals surface area contributed by atoms with Crippen LogP contribution in [0.4, 0.5) is 5.69 Å². The highest BCUT2D eigenvalue weighted by Gasteiger charge is 2.21. The van der Waals surface area contributed by atoms with Gasteiger partial charge in [-0.25, -0.2) is 0 Å². The van der Waals surface area contributed by atoms with Crippen LogP contribution in [0.2, 0.25) is 5.02 Å². The maximum Gasteiger partial charge on any atom is 0.236 e. The Labute approximate surface area is 130 Å². The maximum atomic E-state index is 12.0. The number of nitrogens with zero attached hydrogens (tertiary/aromatic N) is 2. The zero-order valence-electron chi connectivity index (χ0n) is 12.3. The average Bonchev–Trinajstić information content (AvgIpc) is 2.52. The van der Waals surface area contributed by atoms with Gasteiger partial charge in [-0.05, 0) is 12.1 Å². The van der Waals surface area contributed by atoms with Crippen LogP contribution in [0.3, 0.4) is 0 Å². The summed E-state index contributed by atoms with van der Waals surface area (Å²) in [6, 6.07) is 7.83. The first-order valence-electron chi connectivity index (χ1n) is 7.19. The van der Waals surface area contributed by atoms with Crippen LogP contribution in [0.5, 0.6) is 0 Å². The first-order chi connectivity index (χ1) is 10.2. The van der Waals surface area contributed by atoms with Gasteiger partial charge < -0.3 is 19.9 Å². The van der Waals surface area contributed by atoms with Gasteiger partial charge in [0.15, 0.2) is 0 Å². The highest BCUT2D eigenvalue weighted by atomic mass is 35.5. The van der Waals surface area contributed by atoms with Crippen LogP contribution in [0.1, 0.15) is 0 Å². The number of para-hydroxylation sites is 1. The molecule has 116 valence electrons. The van der Waals surface area contributed by atoms with Crippen molar-refractivity contribution >= 4 is 23.2 Å². The summed E-state index contributed by atoms with van der Waals surface area (Å²) in [6.45, 7) is 4.78. The molecule has 1 saturated heterocycles. The van der Waals surface area contributed by atoms with E-state index in [1.807, 2.05) is 29.2 Å². The lowest BCUT2D eigenvalue weighted by Crippen LogP contribution is -2.51. The largest absolute Gasteiger partial charge is 0.383 e. The van der Waals surface area contributed by atoms with Gasteiger partial charge in [0, 0.05) is 39.8 Å². The number of nitrogens with one attached hydrogen (secondary N) is 1. The minimum Gasteiger partial charge on any atom is -0.383 e. The quantitative estimate of drug-likeness (QED) is 0.803. The molecule has 0 bridgehead atoms. The molecule has 1 aromatic carbocycles. The third-order valence-electron chi connectivity index (χ3n) is 3.58. The number of halogens is 1. The van der Waals surface area contributed by atoms with Crippen LogP contribution in [0, 0.1) is 0 Å². The van der Waals surface area contributed by atoms with E-state index in [9.17, 15) is 4.79 Å². The summed E-state index contributed by atoms with van der Waals surface area (Å²) < 4.78 is 4.94. The average molecular weight is 312 g/mol. The molecular formula is C15H22ClN3O2. The Bertz CT molecular complexity index is 462. The molecule has 2 rings (SSSR count). The van der Waals surface area contributed by atoms with Gasteiger partial charge in [-0.2, -0.15) is 0 Å². The van der Waals surface area contributed by atoms with Gasteiger partial charge in [-0.15, -0.1) is 0 Å². The van der Waals surface area contributed by atoms with Crippen LogP contribution in [-0.4, -0.2) is 63.8 Å². The van der Waals surface area contributed by atoms with E-state index in [1.54, 1.807) is 7.11 Å². The molecule has 0 aromatic heterocycles. The van der Waals surface area contributed by atoms with E-state index >= 15 is 0 Å². The van der Waals surface area contributed by atoms with Crippen molar-refractivity contribution in [2.45, 2.75) is 0 Å². The molecule has 5 nitrogen and oxygen atoms in total. The fourth-order valence-corrected chi connectivity index (χ4v) is 2.64. The van der Waals surface area contributed by atoms with E-state index in [-0.39, 0.29) is 5.91 Å². The third kappa shape index (κ3) is 4.59. The second-order valence-corrected chi connectivity index (χ2v) is 5.40. The molecule has 0 unspecified atom stereocenters. The highest BCUT2D eigenvalue weighted by Crippen LogP contribution is 2.25. The number of benzene rings is 1. The Morgan fingerprint density at radius 3 is 2.67 bits per heavy atom. The predicted molar refractivity (Wildman–Crippen MR) is 85.0 cm³/mol. The van der Waals surface area contributed by atoms with E-state index in [4.69, 9.17) is 16.3 Å². The van der Waals surface area contributed by atoms with Gasteiger partial charge in [0.2, 0.25) is 5.91 Å². The number of hydrogen-bond donors (Lipinski definition) is 1. The lowest BCUT2D eigenvalue weighted by atomic mass is 10.2. The van der Waals surface area contributed by atoms with Crippen molar-refractivity contribution < 1.29 is 9.53 Å². The van der Waals surface area contributed by atoms with E-state index < -0.39 is 0 Å². The molecule has 0 spiro atoms. The molecular weight excluding hydrogens is 290 g/mol. The summed E-state index contributed by atoms with van der Waals surface area (Å²) in [4.78, 5) is 16.2. The Morgan fingerprint density at radius 2 is 2.00 bits per heavy atom. The normalized spacial score (nSPS) is 15.3. The summed E-state index contributed by atoms with van der Waals surface area (Å²) in [6.07, 6.45) is 0. The number of hydrogen-bond acceptors (Lipinski definition) is 4. The molecule has 1 fully saturated rings. The molecule has 1 heterocycles. The number of rotatable bonds is 6. The van der Waals surface area contributed by atoms with Crippen LogP contribution < -0.4 is 10.2 Å². The second kappa shape index (κ2) is 8.22. The highest BCUT2D eigenvalue weighted by molar-refractivity contribution is 6.33. The van der Waals surface area contributed by atoms with E-state index in [2.05, 4.69) is 10.2 Å². The smallest absolute Gasteiger partial charge is 0.236 e. The molecule has 0 atom stereocenters. The van der Waals surface area contributed by atoms with E-state index in [0.29, 0.717) is 19.7 Å². The Balaban J connectivity index is 1.78. The summed E-state index contributed by atoms with van der Waals surface area (Å²) in [5, 5.41) is 3.85. The zero-order valence-corrected chi connectivity index (χ0v) is 13.1. The van der Waals surface area contributed by atoms with Crippen molar-refractivity contribution in [1.82, 2.24) is 10.2 Å². The van der Waals surface area contributed by atoms with Crippen LogP contribution >= 0.6 is 11.6 Å². The van der Waals surface area contributed by atoms with Crippen molar-refractivity contribution in [1.29, 1.82) is 0 Å². The molecule has 6 heteroatoms. The van der Waals surface area contributed by atoms with Crippen molar-refractivity contribution in [2.24, 2.45) is 0 Å². The molecule has 1 aromatic rings. The Hall–Kier alpha value is -1.30. The SMILES string of the molecule is COCCNCC(=O)N1CCN(c2ccccc2Cl)CC1. The lowest BCUT2D eigenvalue weighted by Gasteiger charge is -2.36. The van der Waals surface area contributed by atoms with Gasteiger partial charge in [0.05, 0.1) is 23.9 Å². The Kier molecular flexibility index (Phi) is 6.29. The standard InChI is InChI=1S/C15H22ClN3O2/c1-21-11-6-17-12-15(20)19-9-7-18(8-10-19)14-5-3-2-4-13(14)16/h2-5,17H,6-12H2,1H3. The van der Waals surface area contributed by atoms with Crippen molar-refractivity contribution in [3.63, 3.8) is 0 Å². The summed E-state index contributed by atoms with van der Waals surface area (Å²) in [5.74, 6) is 0.143. The van der Waals surface area contributed by atoms with Crippen molar-refractivity contribution in [3.8, 4) is 0 Å². The van der Waals surface area contributed by atoms with E-state index in [0.717, 1.165) is 36.9 Å². The number of amides is 1. The van der Waals surface area contributed by atoms with E-state index in [1.165, 1.54) is 0 Å². The number of carbonyl (C=O) groups excluding carboxylic acids is 1. The molecule has 0 aliphatic carbocycles. The summed E-state index contributed by atoms with van der Waals surface area (Å²) in [7, 11) is 1.65. The number of methoxy groups -OCH3 is 1. The van der Waals surface area contributed by atoms with Gasteiger partial charge in [0.25, 0.3) is 0 Å². The molecule has 21 heavy (non-hydrogen) atoms. The van der Waals surface area contributed by atoms with Crippen molar-refractivity contribution in [3.05, 3.63) is 29.3 Å². The van der Waals surface area contributed by atoms with Gasteiger partial charge in [-0.1, -0.05) is 23.7 Å². The minimum atomic E-state index is 0.143. The molecule has 0 radical (unpaired) electrons. The zero-order chi connectivity index (χ0) is 15.1. The monoisotopic (exact) mass is 311 g/mol. The minimum absolute atomic E-state index is 0.143. The van der Waals surface area contributed by atoms with Crippen LogP contribution in [0.25, 0.3) is 0 Å². The topological polar surface area (TPSA) is 44.8 Å². The number of ether oxygens (including phenoxy) is 1. The maximum absolute atomic E-state index is 12.0. The van der Waals surface area contributed by atoms with Crippen molar-refractivity contribution in [2.75, 3.05) is 57.9 Å². The number of carbonyl (C=O) groups is 1. The fraction of sp³-hybridized carbons (Fsp3) is 0.533. The van der Waals surface area contributed by atoms with Crippen LogP contribution in [-0.2, 0) is 9.53 Å². The molecule has 1 aliphatic heterocycles. The molecule has 1 aliphatic rings. The number of piperazine rings is 1. The second-order valence-electron chi connectivity index (χ2n) is 4.99. The summed E-state index contributed by atoms with van der Waals surface area (Å²) in [5.41, 5.74) is 1.05. The molecule has 1 amide bonds. The predicted octanol–water partition coefficient (Wildman–Crippen LogP) is 1.22. The van der Waals surface area contributed by atoms with Gasteiger partial charge >= 0.3 is 0 Å². The fourth-order valence-electron chi connectivity index (χ4n) is 2.39. The lowest BCUT2D eigenvalue weighted by molar-refractivity contribution is -0.130. The van der Waals surface area contributed by atoms with Gasteiger partial charge in [-0.3, -0.25) is 4.79 Å². The first-order valence-corrected chi connectivity index (χ1v) is 7.57. The summed E-state index contributed by atoms with van der Waals surface area (Å²) >= 11 is 6.21. The van der Waals surface area contributed by atoms with Gasteiger partial charge in [0.1, 0.15) is 0 Å². The third-order valence-corrected chi connectivity index (χ3v) is 3.90. The molecule has 0 saturated carbocycles. The Morgan fingerprint density at radius 1 is 1.29 bits per heavy atom.